The first-order chi connectivity index (χ1) is 19.6. The van der Waals surface area contributed by atoms with Crippen LogP contribution >= 0.6 is 30.2 Å². The van der Waals surface area contributed by atoms with Crippen molar-refractivity contribution in [2.24, 2.45) is 0 Å². The summed E-state index contributed by atoms with van der Waals surface area (Å²) in [7, 11) is -6.09. The molecule has 12 heteroatoms. The van der Waals surface area contributed by atoms with Gasteiger partial charge in [-0.1, -0.05) is 61.1 Å². The van der Waals surface area contributed by atoms with Gasteiger partial charge in [0.2, 0.25) is 0 Å². The lowest BCUT2D eigenvalue weighted by atomic mass is 9.80. The van der Waals surface area contributed by atoms with Gasteiger partial charge in [0.05, 0.1) is 23.3 Å². The van der Waals surface area contributed by atoms with Crippen molar-refractivity contribution < 1.29 is 19.2 Å². The van der Waals surface area contributed by atoms with Crippen LogP contribution in [0.2, 0.25) is 0 Å². The minimum absolute atomic E-state index is 0. The zero-order chi connectivity index (χ0) is 31.7. The lowest BCUT2D eigenvalue weighted by Crippen LogP contribution is -2.29. The van der Waals surface area contributed by atoms with Crippen LogP contribution in [0.25, 0.3) is 11.1 Å². The van der Waals surface area contributed by atoms with Gasteiger partial charge in [-0.05, 0) is 97.8 Å². The highest BCUT2D eigenvalue weighted by atomic mass is 79.9. The number of anilines is 2. The summed E-state index contributed by atoms with van der Waals surface area (Å²) in [5, 5.41) is 35.9. The minimum atomic E-state index is -2.40. The molecule has 0 spiro atoms. The maximum Gasteiger partial charge on any atom is 0.488 e. The second kappa shape index (κ2) is 17.6. The summed E-state index contributed by atoms with van der Waals surface area (Å²) in [4.78, 5) is 0. The number of nitriles is 2. The average Bonchev–Trinajstić information content (AvgIpc) is 2.94. The fourth-order valence-corrected chi connectivity index (χ4v) is 6.47. The molecule has 0 aliphatic heterocycles. The molecule has 0 amide bonds. The first kappa shape index (κ1) is 40.4. The predicted molar refractivity (Wildman–Crippen MR) is 192 cm³/mol. The summed E-state index contributed by atoms with van der Waals surface area (Å²) in [5.41, 5.74) is 16.2. The maximum atomic E-state index is 12.2. The lowest BCUT2D eigenvalue weighted by molar-refractivity contribution is 0.426. The van der Waals surface area contributed by atoms with Gasteiger partial charge in [0.1, 0.15) is 14.3 Å². The summed E-state index contributed by atoms with van der Waals surface area (Å²) < 4.78 is 24.8. The van der Waals surface area contributed by atoms with Crippen LogP contribution in [0.15, 0.2) is 89.4 Å². The van der Waals surface area contributed by atoms with Crippen molar-refractivity contribution in [3.05, 3.63) is 101 Å². The first-order valence-electron chi connectivity index (χ1n) is 12.5. The van der Waals surface area contributed by atoms with E-state index in [0.29, 0.717) is 33.3 Å². The Balaban J connectivity index is 0.000000649. The van der Waals surface area contributed by atoms with E-state index >= 15 is 0 Å². The molecule has 0 unspecified atom stereocenters. The molecule has 8 nitrogen and oxygen atoms in total. The molecule has 44 heavy (non-hydrogen) atoms. The number of halogens is 1. The van der Waals surface area contributed by atoms with E-state index in [4.69, 9.17) is 32.0 Å². The molecule has 0 aliphatic rings. The molecule has 0 heterocycles. The second-order valence-electron chi connectivity index (χ2n) is 9.98. The Morgan fingerprint density at radius 1 is 0.659 bits per heavy atom. The molecule has 232 valence electrons. The first-order valence-corrected chi connectivity index (χ1v) is 18.5. The van der Waals surface area contributed by atoms with Crippen LogP contribution in [0.1, 0.15) is 26.0 Å². The molecule has 4 aromatic rings. The van der Waals surface area contributed by atoms with Gasteiger partial charge in [0.15, 0.2) is 0 Å². The minimum Gasteiger partial charge on any atom is -0.423 e. The largest absolute Gasteiger partial charge is 0.488 e. The van der Waals surface area contributed by atoms with Gasteiger partial charge in [-0.2, -0.15) is 10.5 Å². The summed E-state index contributed by atoms with van der Waals surface area (Å²) in [6.07, 6.45) is 0. The normalized spacial score (nSPS) is 10.1. The molecule has 6 N–H and O–H groups in total. The van der Waals surface area contributed by atoms with Crippen molar-refractivity contribution in [2.45, 2.75) is 14.9 Å². The third kappa shape index (κ3) is 12.2. The van der Waals surface area contributed by atoms with Crippen molar-refractivity contribution in [2.75, 3.05) is 38.1 Å². The van der Waals surface area contributed by atoms with E-state index in [1.54, 1.807) is 50.9 Å². The third-order valence-electron chi connectivity index (χ3n) is 5.87. The number of benzene rings is 4. The number of nitrogens with zero attached hydrogens (tertiary/aromatic N) is 2. The number of hydrogen-bond acceptors (Lipinski definition) is 8. The topological polar surface area (TPSA) is 174 Å². The fraction of sp³-hybridized carbons (Fsp3) is 0.188. The Kier molecular flexibility index (Phi) is 16.2. The van der Waals surface area contributed by atoms with Gasteiger partial charge in [0, 0.05) is 26.5 Å². The molecule has 0 aliphatic carbocycles. The van der Waals surface area contributed by atoms with Crippen molar-refractivity contribution in [1.82, 2.24) is 0 Å². The highest BCUT2D eigenvalue weighted by molar-refractivity contribution is 9.10. The predicted octanol–water partition coefficient (Wildman–Crippen LogP) is 5.85. The van der Waals surface area contributed by atoms with E-state index in [2.05, 4.69) is 22.0 Å². The summed E-state index contributed by atoms with van der Waals surface area (Å²) in [5.74, 6) is 0. The van der Waals surface area contributed by atoms with Crippen molar-refractivity contribution in [3.8, 4) is 23.3 Å². The molecule has 0 bridgehead atoms. The van der Waals surface area contributed by atoms with Crippen LogP contribution in [0.5, 0.6) is 0 Å². The summed E-state index contributed by atoms with van der Waals surface area (Å²) in [6.45, 7) is 6.85. The second-order valence-corrected chi connectivity index (χ2v) is 17.3. The molecule has 0 radical (unpaired) electrons. The lowest BCUT2D eigenvalue weighted by Gasteiger charge is -2.12. The molecule has 0 saturated heterocycles. The Hall–Kier alpha value is -3.62. The van der Waals surface area contributed by atoms with Crippen LogP contribution in [-0.4, -0.2) is 43.8 Å². The molecular weight excluding hydrogens is 657 g/mol. The highest BCUT2D eigenvalue weighted by Gasteiger charge is 2.16. The van der Waals surface area contributed by atoms with E-state index in [1.165, 1.54) is 24.3 Å². The van der Waals surface area contributed by atoms with Crippen molar-refractivity contribution in [3.63, 3.8) is 0 Å². The highest BCUT2D eigenvalue weighted by Crippen LogP contribution is 2.39. The Bertz CT molecular complexity index is 1710. The number of nitrogen functional groups attached to an aromatic ring is 2. The van der Waals surface area contributed by atoms with Crippen molar-refractivity contribution >= 4 is 64.8 Å². The molecule has 0 aromatic heterocycles. The van der Waals surface area contributed by atoms with Gasteiger partial charge in [-0.15, -0.1) is 0 Å². The molecule has 4 rings (SSSR count). The molecular formula is C32H40BBrN4O4P2. The van der Waals surface area contributed by atoms with Crippen LogP contribution in [-0.2, 0) is 9.13 Å². The maximum absolute atomic E-state index is 12.2. The fourth-order valence-electron chi connectivity index (χ4n) is 3.64. The van der Waals surface area contributed by atoms with E-state index in [-0.39, 0.29) is 14.9 Å². The zero-order valence-corrected chi connectivity index (χ0v) is 27.1. The standard InChI is InChI=1S/C15H15N2OP.C8H11BrNOP.C7H6BNO2.2CH4/c1-19(2,18)15-9-13(7-8-14(15)17)12-5-3-11(10-16)4-6-12;1-12(2,11)8-5-6(9)3-4-7(8)10;9-5-6-1-3-7(4-2-6)8(10)11;;/h3-9H,17H2,1-2H3;3-5H,10H2,1-2H3;1-4,10-11H;2*1H4. The van der Waals surface area contributed by atoms with Gasteiger partial charge >= 0.3 is 7.12 Å². The summed E-state index contributed by atoms with van der Waals surface area (Å²) >= 11 is 3.31. The molecule has 0 saturated carbocycles. The van der Waals surface area contributed by atoms with Crippen LogP contribution in [0.4, 0.5) is 11.4 Å². The SMILES string of the molecule is C.C.CP(C)(=O)c1cc(-c2ccc(C#N)cc2)ccc1N.CP(C)(=O)c1cc(Br)ccc1N.N#Cc1ccc(B(O)O)cc1. The van der Waals surface area contributed by atoms with E-state index in [1.807, 2.05) is 42.5 Å². The number of nitrogens with two attached hydrogens (primary N) is 2. The number of rotatable bonds is 4. The average molecular weight is 697 g/mol. The van der Waals surface area contributed by atoms with Crippen LogP contribution in [0, 0.1) is 22.7 Å². The quantitative estimate of drug-likeness (QED) is 0.117. The third-order valence-corrected chi connectivity index (χ3v) is 9.46. The molecule has 0 fully saturated rings. The zero-order valence-electron chi connectivity index (χ0n) is 23.7. The molecule has 0 atom stereocenters. The summed E-state index contributed by atoms with van der Waals surface area (Å²) in [6, 6.07) is 28.4. The Morgan fingerprint density at radius 2 is 1.05 bits per heavy atom. The Labute approximate surface area is 270 Å². The number of hydrogen-bond donors (Lipinski definition) is 4. The van der Waals surface area contributed by atoms with Gasteiger partial charge in [-0.25, -0.2) is 0 Å². The van der Waals surface area contributed by atoms with E-state index in [0.717, 1.165) is 20.9 Å². The van der Waals surface area contributed by atoms with Crippen LogP contribution in [0.3, 0.4) is 0 Å². The monoisotopic (exact) mass is 696 g/mol. The van der Waals surface area contributed by atoms with E-state index in [9.17, 15) is 9.13 Å². The van der Waals surface area contributed by atoms with Crippen LogP contribution < -0.4 is 27.5 Å². The van der Waals surface area contributed by atoms with E-state index < -0.39 is 21.4 Å². The van der Waals surface area contributed by atoms with Gasteiger partial charge in [-0.3, -0.25) is 0 Å². The van der Waals surface area contributed by atoms with Gasteiger partial charge < -0.3 is 30.6 Å². The van der Waals surface area contributed by atoms with Crippen molar-refractivity contribution in [1.29, 1.82) is 10.5 Å². The smallest absolute Gasteiger partial charge is 0.423 e. The molecule has 4 aromatic carbocycles. The van der Waals surface area contributed by atoms with Gasteiger partial charge in [0.25, 0.3) is 0 Å². The Morgan fingerprint density at radius 3 is 1.43 bits per heavy atom.